The van der Waals surface area contributed by atoms with Crippen molar-refractivity contribution in [2.45, 2.75) is 18.1 Å². The lowest BCUT2D eigenvalue weighted by Crippen LogP contribution is -2.12. The zero-order valence-corrected chi connectivity index (χ0v) is 13.0. The van der Waals surface area contributed by atoms with Crippen LogP contribution in [0.1, 0.15) is 11.4 Å². The molecule has 0 aliphatic rings. The maximum atomic E-state index is 12.1. The van der Waals surface area contributed by atoms with E-state index in [9.17, 15) is 8.42 Å². The monoisotopic (exact) mass is 346 g/mol. The molecule has 0 saturated carbocycles. The van der Waals surface area contributed by atoms with Crippen molar-refractivity contribution in [3.05, 3.63) is 39.4 Å². The molecule has 0 bridgehead atoms. The fourth-order valence-corrected chi connectivity index (χ4v) is 4.56. The van der Waals surface area contributed by atoms with Gasteiger partial charge < -0.3 is 0 Å². The first-order chi connectivity index (χ1) is 8.38. The van der Waals surface area contributed by atoms with Gasteiger partial charge >= 0.3 is 0 Å². The van der Waals surface area contributed by atoms with E-state index < -0.39 is 10.0 Å². The Morgan fingerprint density at radius 1 is 1.22 bits per heavy atom. The second-order valence-electron chi connectivity index (χ2n) is 3.75. The molecule has 96 valence electrons. The summed E-state index contributed by atoms with van der Waals surface area (Å²) in [5, 5.41) is 0. The van der Waals surface area contributed by atoms with Crippen LogP contribution in [0.2, 0.25) is 0 Å². The predicted molar refractivity (Wildman–Crippen MR) is 76.5 cm³/mol. The van der Waals surface area contributed by atoms with E-state index >= 15 is 0 Å². The molecule has 2 aromatic heterocycles. The van der Waals surface area contributed by atoms with Gasteiger partial charge in [0, 0.05) is 5.69 Å². The van der Waals surface area contributed by atoms with Gasteiger partial charge in [-0.3, -0.25) is 9.71 Å². The van der Waals surface area contributed by atoms with Gasteiger partial charge in [0.05, 0.1) is 15.2 Å². The van der Waals surface area contributed by atoms with E-state index in [1.165, 1.54) is 11.3 Å². The first-order valence-corrected chi connectivity index (χ1v) is 8.20. The highest BCUT2D eigenvalue weighted by Gasteiger charge is 2.17. The van der Waals surface area contributed by atoms with Crippen LogP contribution in [0.5, 0.6) is 0 Å². The Hall–Kier alpha value is -0.920. The number of sulfonamides is 1. The molecule has 0 fully saturated rings. The minimum absolute atomic E-state index is 0.273. The highest BCUT2D eigenvalue weighted by Crippen LogP contribution is 2.28. The quantitative estimate of drug-likeness (QED) is 0.927. The summed E-state index contributed by atoms with van der Waals surface area (Å²) >= 11 is 4.42. The standard InChI is InChI=1S/C11H11BrN2O2S2/c1-7-3-4-9(8(2)13-7)14-18(15,16)11-6-5-10(12)17-11/h3-6,14H,1-2H3. The smallest absolute Gasteiger partial charge is 0.271 e. The van der Waals surface area contributed by atoms with Crippen molar-refractivity contribution in [1.29, 1.82) is 0 Å². The number of aryl methyl sites for hydroxylation is 2. The second-order valence-corrected chi connectivity index (χ2v) is 8.12. The molecule has 4 nitrogen and oxygen atoms in total. The van der Waals surface area contributed by atoms with Crippen molar-refractivity contribution in [2.75, 3.05) is 4.72 Å². The molecule has 0 aliphatic carbocycles. The number of anilines is 1. The first kappa shape index (κ1) is 13.5. The van der Waals surface area contributed by atoms with E-state index in [0.29, 0.717) is 11.4 Å². The summed E-state index contributed by atoms with van der Waals surface area (Å²) in [6.45, 7) is 3.64. The number of thiophene rings is 1. The molecule has 0 radical (unpaired) electrons. The fourth-order valence-electron chi connectivity index (χ4n) is 1.43. The molecular formula is C11H11BrN2O2S2. The number of aromatic nitrogens is 1. The van der Waals surface area contributed by atoms with E-state index in [1.807, 2.05) is 6.92 Å². The molecule has 2 aromatic rings. The molecule has 0 aromatic carbocycles. The normalized spacial score (nSPS) is 11.5. The van der Waals surface area contributed by atoms with E-state index in [4.69, 9.17) is 0 Å². The predicted octanol–water partition coefficient (Wildman–Crippen LogP) is 3.32. The molecule has 0 aliphatic heterocycles. The van der Waals surface area contributed by atoms with Crippen molar-refractivity contribution >= 4 is 43.0 Å². The zero-order chi connectivity index (χ0) is 13.3. The van der Waals surface area contributed by atoms with Gasteiger partial charge in [-0.25, -0.2) is 8.42 Å². The molecule has 0 unspecified atom stereocenters. The van der Waals surface area contributed by atoms with Crippen LogP contribution >= 0.6 is 27.3 Å². The Morgan fingerprint density at radius 2 is 1.94 bits per heavy atom. The van der Waals surface area contributed by atoms with E-state index in [0.717, 1.165) is 9.48 Å². The number of hydrogen-bond acceptors (Lipinski definition) is 4. The lowest BCUT2D eigenvalue weighted by atomic mass is 10.3. The van der Waals surface area contributed by atoms with Gasteiger partial charge in [0.2, 0.25) is 0 Å². The van der Waals surface area contributed by atoms with Crippen molar-refractivity contribution < 1.29 is 8.42 Å². The van der Waals surface area contributed by atoms with Gasteiger partial charge in [-0.15, -0.1) is 11.3 Å². The Balaban J connectivity index is 2.33. The molecular weight excluding hydrogens is 336 g/mol. The average Bonchev–Trinajstić information content (AvgIpc) is 2.70. The molecule has 2 rings (SSSR count). The zero-order valence-electron chi connectivity index (χ0n) is 9.77. The Labute approximate surface area is 118 Å². The number of halogens is 1. The molecule has 7 heteroatoms. The lowest BCUT2D eigenvalue weighted by Gasteiger charge is -2.08. The third-order valence-corrected chi connectivity index (χ3v) is 5.76. The van der Waals surface area contributed by atoms with E-state index in [-0.39, 0.29) is 4.21 Å². The molecule has 0 spiro atoms. The summed E-state index contributed by atoms with van der Waals surface area (Å²) in [5.74, 6) is 0. The summed E-state index contributed by atoms with van der Waals surface area (Å²) in [4.78, 5) is 4.22. The Bertz CT molecular complexity index is 680. The number of nitrogens with zero attached hydrogens (tertiary/aromatic N) is 1. The van der Waals surface area contributed by atoms with Gasteiger partial charge in [0.15, 0.2) is 0 Å². The Kier molecular flexibility index (Phi) is 3.74. The number of nitrogens with one attached hydrogen (secondary N) is 1. The first-order valence-electron chi connectivity index (χ1n) is 5.11. The number of hydrogen-bond donors (Lipinski definition) is 1. The SMILES string of the molecule is Cc1ccc(NS(=O)(=O)c2ccc(Br)s2)c(C)n1. The fraction of sp³-hybridized carbons (Fsp3) is 0.182. The van der Waals surface area contributed by atoms with Crippen molar-refractivity contribution in [3.63, 3.8) is 0 Å². The summed E-state index contributed by atoms with van der Waals surface area (Å²) in [5.41, 5.74) is 2.02. The highest BCUT2D eigenvalue weighted by molar-refractivity contribution is 9.11. The van der Waals surface area contributed by atoms with Crippen LogP contribution in [0.4, 0.5) is 5.69 Å². The van der Waals surface area contributed by atoms with Crippen LogP contribution in [0, 0.1) is 13.8 Å². The molecule has 18 heavy (non-hydrogen) atoms. The minimum atomic E-state index is -3.53. The third kappa shape index (κ3) is 2.90. The van der Waals surface area contributed by atoms with Crippen molar-refractivity contribution in [1.82, 2.24) is 4.98 Å². The molecule has 0 atom stereocenters. The molecule has 0 amide bonds. The van der Waals surface area contributed by atoms with Crippen molar-refractivity contribution in [3.8, 4) is 0 Å². The van der Waals surface area contributed by atoms with Gasteiger partial charge in [-0.2, -0.15) is 0 Å². The topological polar surface area (TPSA) is 59.1 Å². The van der Waals surface area contributed by atoms with E-state index in [1.54, 1.807) is 31.2 Å². The number of rotatable bonds is 3. The van der Waals surface area contributed by atoms with Crippen LogP contribution in [-0.4, -0.2) is 13.4 Å². The van der Waals surface area contributed by atoms with Gasteiger partial charge in [0.25, 0.3) is 10.0 Å². The summed E-state index contributed by atoms with van der Waals surface area (Å²) in [6, 6.07) is 6.76. The van der Waals surface area contributed by atoms with Crippen LogP contribution < -0.4 is 4.72 Å². The van der Waals surface area contributed by atoms with Crippen LogP contribution in [0.25, 0.3) is 0 Å². The maximum Gasteiger partial charge on any atom is 0.271 e. The molecule has 0 saturated heterocycles. The third-order valence-electron chi connectivity index (χ3n) is 2.28. The summed E-state index contributed by atoms with van der Waals surface area (Å²) < 4.78 is 27.8. The molecule has 2 heterocycles. The highest BCUT2D eigenvalue weighted by atomic mass is 79.9. The van der Waals surface area contributed by atoms with Gasteiger partial charge in [0.1, 0.15) is 4.21 Å². The summed E-state index contributed by atoms with van der Waals surface area (Å²) in [6.07, 6.45) is 0. The van der Waals surface area contributed by atoms with Gasteiger partial charge in [-0.1, -0.05) is 0 Å². The van der Waals surface area contributed by atoms with Crippen LogP contribution in [0.15, 0.2) is 32.3 Å². The molecule has 1 N–H and O–H groups in total. The summed E-state index contributed by atoms with van der Waals surface area (Å²) in [7, 11) is -3.53. The number of pyridine rings is 1. The van der Waals surface area contributed by atoms with Crippen LogP contribution in [0.3, 0.4) is 0 Å². The Morgan fingerprint density at radius 3 is 2.50 bits per heavy atom. The second kappa shape index (κ2) is 4.99. The van der Waals surface area contributed by atoms with Crippen LogP contribution in [-0.2, 0) is 10.0 Å². The van der Waals surface area contributed by atoms with Gasteiger partial charge in [-0.05, 0) is 54.0 Å². The lowest BCUT2D eigenvalue weighted by molar-refractivity contribution is 0.603. The van der Waals surface area contributed by atoms with E-state index in [2.05, 4.69) is 25.6 Å². The minimum Gasteiger partial charge on any atom is -0.277 e. The maximum absolute atomic E-state index is 12.1. The van der Waals surface area contributed by atoms with Crippen molar-refractivity contribution in [2.24, 2.45) is 0 Å². The largest absolute Gasteiger partial charge is 0.277 e. The average molecular weight is 347 g/mol.